The first kappa shape index (κ1) is 14.9. The average molecular weight is 316 g/mol. The van der Waals surface area contributed by atoms with Crippen LogP contribution in [0.1, 0.15) is 33.6 Å². The highest BCUT2D eigenvalue weighted by molar-refractivity contribution is 6.09. The van der Waals surface area contributed by atoms with E-state index in [4.69, 9.17) is 0 Å². The first-order valence-corrected chi connectivity index (χ1v) is 8.41. The van der Waals surface area contributed by atoms with Crippen LogP contribution in [0.2, 0.25) is 0 Å². The third-order valence-electron chi connectivity index (χ3n) is 4.75. The van der Waals surface area contributed by atoms with E-state index in [1.165, 1.54) is 11.1 Å². The zero-order chi connectivity index (χ0) is 16.7. The molecule has 2 aromatic carbocycles. The second kappa shape index (κ2) is 5.75. The van der Waals surface area contributed by atoms with Gasteiger partial charge < -0.3 is 4.90 Å². The predicted octanol–water partition coefficient (Wildman–Crippen LogP) is 4.44. The van der Waals surface area contributed by atoms with Gasteiger partial charge in [0.15, 0.2) is 0 Å². The molecule has 3 heteroatoms. The Bertz CT molecular complexity index is 946. The SMILES string of the molecule is Cc1ccc2nc(C)c(C(=O)N3CCCc4ccccc43)cc2c1. The lowest BCUT2D eigenvalue weighted by atomic mass is 10.00. The van der Waals surface area contributed by atoms with Crippen LogP contribution in [0, 0.1) is 13.8 Å². The van der Waals surface area contributed by atoms with E-state index in [-0.39, 0.29) is 5.91 Å². The van der Waals surface area contributed by atoms with E-state index in [1.807, 2.05) is 42.2 Å². The monoisotopic (exact) mass is 316 g/mol. The molecule has 1 amide bonds. The summed E-state index contributed by atoms with van der Waals surface area (Å²) < 4.78 is 0. The molecule has 0 saturated carbocycles. The Labute approximate surface area is 141 Å². The van der Waals surface area contributed by atoms with Gasteiger partial charge in [-0.15, -0.1) is 0 Å². The zero-order valence-electron chi connectivity index (χ0n) is 14.0. The van der Waals surface area contributed by atoms with Gasteiger partial charge in [-0.2, -0.15) is 0 Å². The fourth-order valence-electron chi connectivity index (χ4n) is 3.50. The van der Waals surface area contributed by atoms with Crippen LogP contribution >= 0.6 is 0 Å². The Balaban J connectivity index is 1.80. The number of hydrogen-bond acceptors (Lipinski definition) is 2. The number of rotatable bonds is 1. The summed E-state index contributed by atoms with van der Waals surface area (Å²) in [6.07, 6.45) is 2.04. The molecule has 120 valence electrons. The number of para-hydroxylation sites is 1. The molecular formula is C21H20N2O. The second-order valence-electron chi connectivity index (χ2n) is 6.51. The number of benzene rings is 2. The Morgan fingerprint density at radius 2 is 1.92 bits per heavy atom. The molecule has 0 spiro atoms. The van der Waals surface area contributed by atoms with Crippen LogP contribution in [0.5, 0.6) is 0 Å². The number of carbonyl (C=O) groups is 1. The van der Waals surface area contributed by atoms with Crippen molar-refractivity contribution >= 4 is 22.5 Å². The summed E-state index contributed by atoms with van der Waals surface area (Å²) in [5.74, 6) is 0.0514. The molecular weight excluding hydrogens is 296 g/mol. The Hall–Kier alpha value is -2.68. The fraction of sp³-hybridized carbons (Fsp3) is 0.238. The van der Waals surface area contributed by atoms with E-state index in [1.54, 1.807) is 0 Å². The molecule has 0 saturated heterocycles. The van der Waals surface area contributed by atoms with Crippen molar-refractivity contribution in [2.75, 3.05) is 11.4 Å². The number of carbonyl (C=O) groups excluding carboxylic acids is 1. The standard InChI is InChI=1S/C21H20N2O/c1-14-9-10-19-17(12-14)13-18(15(2)22-19)21(24)23-11-5-7-16-6-3-4-8-20(16)23/h3-4,6,8-10,12-13H,5,7,11H2,1-2H3. The molecule has 0 fully saturated rings. The second-order valence-corrected chi connectivity index (χ2v) is 6.51. The van der Waals surface area contributed by atoms with E-state index >= 15 is 0 Å². The van der Waals surface area contributed by atoms with Crippen molar-refractivity contribution in [3.63, 3.8) is 0 Å². The van der Waals surface area contributed by atoms with Crippen LogP contribution in [0.15, 0.2) is 48.5 Å². The van der Waals surface area contributed by atoms with Crippen molar-refractivity contribution in [2.45, 2.75) is 26.7 Å². The predicted molar refractivity (Wildman–Crippen MR) is 97.7 cm³/mol. The first-order chi connectivity index (χ1) is 11.6. The number of aromatic nitrogens is 1. The smallest absolute Gasteiger partial charge is 0.260 e. The summed E-state index contributed by atoms with van der Waals surface area (Å²) in [5.41, 5.74) is 5.89. The van der Waals surface area contributed by atoms with Gasteiger partial charge in [-0.3, -0.25) is 9.78 Å². The number of nitrogens with zero attached hydrogens (tertiary/aromatic N) is 2. The highest BCUT2D eigenvalue weighted by Crippen LogP contribution is 2.29. The molecule has 2 heterocycles. The van der Waals surface area contributed by atoms with Gasteiger partial charge in [-0.25, -0.2) is 0 Å². The largest absolute Gasteiger partial charge is 0.308 e. The number of amides is 1. The Morgan fingerprint density at radius 3 is 2.79 bits per heavy atom. The van der Waals surface area contributed by atoms with Crippen molar-refractivity contribution in [3.8, 4) is 0 Å². The summed E-state index contributed by atoms with van der Waals surface area (Å²) in [6.45, 7) is 4.74. The van der Waals surface area contributed by atoms with Crippen molar-refractivity contribution < 1.29 is 4.79 Å². The zero-order valence-corrected chi connectivity index (χ0v) is 14.0. The molecule has 0 bridgehead atoms. The normalized spacial score (nSPS) is 13.8. The molecule has 0 radical (unpaired) electrons. The van der Waals surface area contributed by atoms with E-state index < -0.39 is 0 Å². The topological polar surface area (TPSA) is 33.2 Å². The van der Waals surface area contributed by atoms with Crippen LogP contribution in [-0.4, -0.2) is 17.4 Å². The van der Waals surface area contributed by atoms with Gasteiger partial charge in [-0.05, 0) is 56.5 Å². The number of hydrogen-bond donors (Lipinski definition) is 0. The summed E-state index contributed by atoms with van der Waals surface area (Å²) in [7, 11) is 0. The van der Waals surface area contributed by atoms with Gasteiger partial charge in [0, 0.05) is 17.6 Å². The molecule has 3 aromatic rings. The molecule has 0 atom stereocenters. The fourth-order valence-corrected chi connectivity index (χ4v) is 3.50. The lowest BCUT2D eigenvalue weighted by Crippen LogP contribution is -2.36. The number of fused-ring (bicyclic) bond motifs is 2. The quantitative estimate of drug-likeness (QED) is 0.665. The molecule has 24 heavy (non-hydrogen) atoms. The van der Waals surface area contributed by atoms with E-state index in [2.05, 4.69) is 30.1 Å². The number of pyridine rings is 1. The van der Waals surface area contributed by atoms with Crippen molar-refractivity contribution in [1.29, 1.82) is 0 Å². The third-order valence-corrected chi connectivity index (χ3v) is 4.75. The van der Waals surface area contributed by atoms with Gasteiger partial charge >= 0.3 is 0 Å². The number of anilines is 1. The minimum atomic E-state index is 0.0514. The van der Waals surface area contributed by atoms with E-state index in [0.717, 1.165) is 41.7 Å². The maximum atomic E-state index is 13.2. The third kappa shape index (κ3) is 2.46. The highest BCUT2D eigenvalue weighted by atomic mass is 16.2. The average Bonchev–Trinajstić information content (AvgIpc) is 2.60. The first-order valence-electron chi connectivity index (χ1n) is 8.41. The summed E-state index contributed by atoms with van der Waals surface area (Å²) in [5, 5.41) is 1.02. The van der Waals surface area contributed by atoms with Crippen LogP contribution < -0.4 is 4.90 Å². The minimum absolute atomic E-state index is 0.0514. The Morgan fingerprint density at radius 1 is 1.08 bits per heavy atom. The maximum absolute atomic E-state index is 13.2. The minimum Gasteiger partial charge on any atom is -0.308 e. The van der Waals surface area contributed by atoms with Gasteiger partial charge in [-0.1, -0.05) is 29.8 Å². The van der Waals surface area contributed by atoms with Crippen LogP contribution in [-0.2, 0) is 6.42 Å². The van der Waals surface area contributed by atoms with E-state index in [9.17, 15) is 4.79 Å². The molecule has 0 N–H and O–H groups in total. The number of aryl methyl sites for hydroxylation is 3. The molecule has 1 aromatic heterocycles. The summed E-state index contributed by atoms with van der Waals surface area (Å²) >= 11 is 0. The molecule has 1 aliphatic heterocycles. The van der Waals surface area contributed by atoms with Crippen LogP contribution in [0.25, 0.3) is 10.9 Å². The highest BCUT2D eigenvalue weighted by Gasteiger charge is 2.24. The molecule has 0 aliphatic carbocycles. The molecule has 3 nitrogen and oxygen atoms in total. The Kier molecular flexibility index (Phi) is 3.57. The lowest BCUT2D eigenvalue weighted by molar-refractivity contribution is 0.0984. The van der Waals surface area contributed by atoms with Crippen molar-refractivity contribution in [1.82, 2.24) is 4.98 Å². The van der Waals surface area contributed by atoms with Crippen molar-refractivity contribution in [2.24, 2.45) is 0 Å². The lowest BCUT2D eigenvalue weighted by Gasteiger charge is -2.29. The molecule has 4 rings (SSSR count). The van der Waals surface area contributed by atoms with Crippen LogP contribution in [0.4, 0.5) is 5.69 Å². The summed E-state index contributed by atoms with van der Waals surface area (Å²) in [6, 6.07) is 16.3. The van der Waals surface area contributed by atoms with Crippen LogP contribution in [0.3, 0.4) is 0 Å². The van der Waals surface area contributed by atoms with Gasteiger partial charge in [0.1, 0.15) is 0 Å². The van der Waals surface area contributed by atoms with E-state index in [0.29, 0.717) is 5.56 Å². The summed E-state index contributed by atoms with van der Waals surface area (Å²) in [4.78, 5) is 19.7. The molecule has 0 unspecified atom stereocenters. The maximum Gasteiger partial charge on any atom is 0.260 e. The van der Waals surface area contributed by atoms with Gasteiger partial charge in [0.25, 0.3) is 5.91 Å². The van der Waals surface area contributed by atoms with Gasteiger partial charge in [0.2, 0.25) is 0 Å². The molecule has 1 aliphatic rings. The van der Waals surface area contributed by atoms with Gasteiger partial charge in [0.05, 0.1) is 16.8 Å². The van der Waals surface area contributed by atoms with Crippen molar-refractivity contribution in [3.05, 3.63) is 70.9 Å².